The maximum absolute atomic E-state index is 12.6. The third-order valence-electron chi connectivity index (χ3n) is 4.01. The van der Waals surface area contributed by atoms with E-state index in [2.05, 4.69) is 4.89 Å². The molecular formula is C17H19NO5S. The molecule has 2 heterocycles. The average molecular weight is 349 g/mol. The Hall–Kier alpha value is -1.80. The number of carbonyl (C=O) groups excluding carboxylic acids is 1. The summed E-state index contributed by atoms with van der Waals surface area (Å²) >= 11 is 0.909. The van der Waals surface area contributed by atoms with Crippen LogP contribution in [0, 0.1) is 5.92 Å². The summed E-state index contributed by atoms with van der Waals surface area (Å²) in [4.78, 5) is 18.8. The van der Waals surface area contributed by atoms with Crippen molar-refractivity contribution >= 4 is 17.9 Å². The van der Waals surface area contributed by atoms with E-state index in [1.807, 2.05) is 30.3 Å². The Balaban J connectivity index is 1.62. The van der Waals surface area contributed by atoms with E-state index in [1.54, 1.807) is 17.0 Å². The molecule has 128 valence electrons. The Morgan fingerprint density at radius 2 is 2.12 bits per heavy atom. The van der Waals surface area contributed by atoms with Gasteiger partial charge in [-0.05, 0) is 24.1 Å². The van der Waals surface area contributed by atoms with Crippen molar-refractivity contribution in [2.24, 2.45) is 5.92 Å². The summed E-state index contributed by atoms with van der Waals surface area (Å²) < 4.78 is 10.2. The first-order chi connectivity index (χ1) is 11.7. The molecule has 1 amide bonds. The van der Waals surface area contributed by atoms with Gasteiger partial charge in [-0.1, -0.05) is 30.3 Å². The van der Waals surface area contributed by atoms with Gasteiger partial charge in [0.1, 0.15) is 23.9 Å². The van der Waals surface area contributed by atoms with E-state index < -0.39 is 12.0 Å². The number of nitrogens with zero attached hydrogens (tertiary/aromatic N) is 1. The first-order valence-electron chi connectivity index (χ1n) is 7.67. The monoisotopic (exact) mass is 349 g/mol. The lowest BCUT2D eigenvalue weighted by molar-refractivity contribution is -0.160. The minimum Gasteiger partial charge on any atom is -0.450 e. The maximum Gasteiger partial charge on any atom is 0.229 e. The molecule has 24 heavy (non-hydrogen) atoms. The van der Waals surface area contributed by atoms with Crippen LogP contribution in [-0.2, 0) is 20.6 Å². The van der Waals surface area contributed by atoms with E-state index >= 15 is 0 Å². The van der Waals surface area contributed by atoms with Gasteiger partial charge in [-0.15, -0.1) is 0 Å². The first kappa shape index (κ1) is 17.0. The second-order valence-corrected chi connectivity index (χ2v) is 6.27. The summed E-state index contributed by atoms with van der Waals surface area (Å²) in [7, 11) is 1.39. The van der Waals surface area contributed by atoms with Crippen LogP contribution in [0.2, 0.25) is 0 Å². The summed E-state index contributed by atoms with van der Waals surface area (Å²) in [6.07, 6.45) is -0.361. The Morgan fingerprint density at radius 3 is 2.88 bits per heavy atom. The second-order valence-electron chi connectivity index (χ2n) is 5.56. The van der Waals surface area contributed by atoms with Crippen LogP contribution in [0.1, 0.15) is 23.8 Å². The number of hydrogen-bond acceptors (Lipinski definition) is 6. The molecular weight excluding hydrogens is 330 g/mol. The van der Waals surface area contributed by atoms with Crippen molar-refractivity contribution in [2.75, 3.05) is 13.7 Å². The van der Waals surface area contributed by atoms with Gasteiger partial charge in [0.15, 0.2) is 5.09 Å². The molecule has 2 unspecified atom stereocenters. The molecule has 0 aliphatic carbocycles. The van der Waals surface area contributed by atoms with E-state index in [-0.39, 0.29) is 5.91 Å². The Kier molecular flexibility index (Phi) is 5.57. The molecule has 2 atom stereocenters. The quantitative estimate of drug-likeness (QED) is 0.471. The number of aliphatic hydroxyl groups is 1. The number of carbonyl (C=O) groups is 1. The standard InChI is InChI=1S/C17H19NO5S/c1-21-23-24-15-8-7-14(22-15)16(19)13-9-10-18(17(13)20)11-12-5-3-2-4-6-12/h2-8,13,16,19H,9-11H2,1H3. The number of likely N-dealkylation sites (tertiary alicyclic amines) is 1. The van der Waals surface area contributed by atoms with Crippen molar-refractivity contribution in [3.8, 4) is 0 Å². The van der Waals surface area contributed by atoms with Gasteiger partial charge in [-0.25, -0.2) is 4.89 Å². The minimum absolute atomic E-state index is 0.0508. The van der Waals surface area contributed by atoms with Crippen molar-refractivity contribution in [2.45, 2.75) is 24.2 Å². The molecule has 7 heteroatoms. The summed E-state index contributed by atoms with van der Waals surface area (Å²) in [6, 6.07) is 13.1. The van der Waals surface area contributed by atoms with Gasteiger partial charge in [-0.2, -0.15) is 4.33 Å². The fourth-order valence-corrected chi connectivity index (χ4v) is 3.21. The van der Waals surface area contributed by atoms with E-state index in [9.17, 15) is 9.90 Å². The van der Waals surface area contributed by atoms with Crippen LogP contribution in [0.3, 0.4) is 0 Å². The van der Waals surface area contributed by atoms with Crippen LogP contribution < -0.4 is 0 Å². The van der Waals surface area contributed by atoms with Gasteiger partial charge < -0.3 is 14.4 Å². The van der Waals surface area contributed by atoms with Crippen molar-refractivity contribution in [3.63, 3.8) is 0 Å². The molecule has 1 aromatic heterocycles. The van der Waals surface area contributed by atoms with Crippen molar-refractivity contribution in [1.82, 2.24) is 4.90 Å². The highest BCUT2D eigenvalue weighted by Gasteiger charge is 2.38. The lowest BCUT2D eigenvalue weighted by Crippen LogP contribution is -2.29. The average Bonchev–Trinajstić information content (AvgIpc) is 3.21. The summed E-state index contributed by atoms with van der Waals surface area (Å²) in [5.41, 5.74) is 1.08. The lowest BCUT2D eigenvalue weighted by Gasteiger charge is -2.18. The molecule has 6 nitrogen and oxygen atoms in total. The SMILES string of the molecule is COOSc1ccc(C(O)C2CCN(Cc3ccccc3)C2=O)o1. The van der Waals surface area contributed by atoms with Crippen LogP contribution in [0.15, 0.2) is 52.0 Å². The van der Waals surface area contributed by atoms with Gasteiger partial charge in [0.2, 0.25) is 5.91 Å². The van der Waals surface area contributed by atoms with Gasteiger partial charge in [0.25, 0.3) is 0 Å². The molecule has 1 saturated heterocycles. The highest BCUT2D eigenvalue weighted by Crippen LogP contribution is 2.34. The number of furan rings is 1. The molecule has 1 aliphatic rings. The highest BCUT2D eigenvalue weighted by atomic mass is 32.2. The van der Waals surface area contributed by atoms with Crippen LogP contribution in [-0.4, -0.2) is 29.6 Å². The zero-order valence-electron chi connectivity index (χ0n) is 13.3. The van der Waals surface area contributed by atoms with Crippen molar-refractivity contribution in [3.05, 3.63) is 53.8 Å². The summed E-state index contributed by atoms with van der Waals surface area (Å²) in [6.45, 7) is 1.19. The van der Waals surface area contributed by atoms with Gasteiger partial charge in [-0.3, -0.25) is 4.79 Å². The Labute approximate surface area is 144 Å². The van der Waals surface area contributed by atoms with E-state index in [0.717, 1.165) is 17.6 Å². The normalized spacial score (nSPS) is 19.0. The third-order valence-corrected chi connectivity index (χ3v) is 4.60. The maximum atomic E-state index is 12.6. The second kappa shape index (κ2) is 7.85. The Bertz CT molecular complexity index is 675. The van der Waals surface area contributed by atoms with Gasteiger partial charge in [0, 0.05) is 13.1 Å². The number of rotatable bonds is 7. The largest absolute Gasteiger partial charge is 0.450 e. The molecule has 1 fully saturated rings. The zero-order chi connectivity index (χ0) is 16.9. The third kappa shape index (κ3) is 3.81. The molecule has 1 aromatic carbocycles. The van der Waals surface area contributed by atoms with E-state index in [0.29, 0.717) is 30.4 Å². The molecule has 2 aromatic rings. The minimum atomic E-state index is -0.963. The van der Waals surface area contributed by atoms with Crippen LogP contribution in [0.25, 0.3) is 0 Å². The van der Waals surface area contributed by atoms with Crippen LogP contribution in [0.4, 0.5) is 0 Å². The molecule has 0 radical (unpaired) electrons. The van der Waals surface area contributed by atoms with E-state index in [1.165, 1.54) is 7.11 Å². The molecule has 0 bridgehead atoms. The number of hydrogen-bond donors (Lipinski definition) is 1. The first-order valence-corrected chi connectivity index (χ1v) is 8.41. The Morgan fingerprint density at radius 1 is 1.33 bits per heavy atom. The van der Waals surface area contributed by atoms with Gasteiger partial charge in [0.05, 0.1) is 13.0 Å². The number of aliphatic hydroxyl groups excluding tert-OH is 1. The van der Waals surface area contributed by atoms with Crippen LogP contribution >= 0.6 is 12.0 Å². The van der Waals surface area contributed by atoms with E-state index in [4.69, 9.17) is 8.75 Å². The topological polar surface area (TPSA) is 72.1 Å². The molecule has 1 N–H and O–H groups in total. The lowest BCUT2D eigenvalue weighted by atomic mass is 9.99. The van der Waals surface area contributed by atoms with Crippen LogP contribution in [0.5, 0.6) is 0 Å². The number of amides is 1. The smallest absolute Gasteiger partial charge is 0.229 e. The van der Waals surface area contributed by atoms with Gasteiger partial charge >= 0.3 is 0 Å². The molecule has 0 spiro atoms. The predicted octanol–water partition coefficient (Wildman–Crippen LogP) is 2.95. The van der Waals surface area contributed by atoms with Crippen molar-refractivity contribution in [1.29, 1.82) is 0 Å². The highest BCUT2D eigenvalue weighted by molar-refractivity contribution is 7.94. The fourth-order valence-electron chi connectivity index (χ4n) is 2.82. The fraction of sp³-hybridized carbons (Fsp3) is 0.353. The summed E-state index contributed by atoms with van der Waals surface area (Å²) in [5.74, 6) is -0.178. The zero-order valence-corrected chi connectivity index (χ0v) is 14.1. The molecule has 1 aliphatic heterocycles. The molecule has 0 saturated carbocycles. The predicted molar refractivity (Wildman–Crippen MR) is 87.6 cm³/mol. The summed E-state index contributed by atoms with van der Waals surface area (Å²) in [5, 5.41) is 10.9. The number of benzene rings is 1. The molecule has 3 rings (SSSR count). The van der Waals surface area contributed by atoms with Crippen molar-refractivity contribution < 1.29 is 23.5 Å².